The number of hydrogen-bond acceptors (Lipinski definition) is 4. The van der Waals surface area contributed by atoms with E-state index in [2.05, 4.69) is 5.32 Å². The minimum Gasteiger partial charge on any atom is -0.480 e. The third-order valence-electron chi connectivity index (χ3n) is 3.51. The van der Waals surface area contributed by atoms with Crippen molar-refractivity contribution in [2.75, 3.05) is 13.6 Å². The van der Waals surface area contributed by atoms with Crippen LogP contribution >= 0.6 is 0 Å². The zero-order chi connectivity index (χ0) is 17.4. The Morgan fingerprint density at radius 3 is 2.26 bits per heavy atom. The third-order valence-corrected chi connectivity index (χ3v) is 3.51. The van der Waals surface area contributed by atoms with Gasteiger partial charge in [0.15, 0.2) is 0 Å². The molecule has 1 unspecified atom stereocenters. The molecule has 2 N–H and O–H groups in total. The number of carbonyl (C=O) groups is 2. The van der Waals surface area contributed by atoms with Crippen molar-refractivity contribution >= 4 is 11.9 Å². The molecular formula is C17H26N2O4. The highest BCUT2D eigenvalue weighted by Gasteiger charge is 2.18. The lowest BCUT2D eigenvalue weighted by Gasteiger charge is -2.20. The number of hydrogen-bond donors (Lipinski definition) is 2. The summed E-state index contributed by atoms with van der Waals surface area (Å²) >= 11 is 0. The van der Waals surface area contributed by atoms with Crippen LogP contribution in [0.15, 0.2) is 24.3 Å². The quantitative estimate of drug-likeness (QED) is 0.722. The summed E-state index contributed by atoms with van der Waals surface area (Å²) in [6.07, 6.45) is 0.194. The molecule has 0 saturated heterocycles. The molecule has 1 aromatic rings. The standard InChI is InChI=1S/C17H26N2O4/c1-12(2)23-11-15-7-5-14(6-8-15)9-18-16(20)10-19(4)13(3)17(21)22/h5-8,12-13H,9-11H2,1-4H3,(H,18,20)(H,21,22). The topological polar surface area (TPSA) is 78.9 Å². The van der Waals surface area contributed by atoms with E-state index >= 15 is 0 Å². The predicted octanol–water partition coefficient (Wildman–Crippen LogP) is 1.63. The maximum absolute atomic E-state index is 11.8. The van der Waals surface area contributed by atoms with Gasteiger partial charge in [0.2, 0.25) is 5.91 Å². The lowest BCUT2D eigenvalue weighted by atomic mass is 10.1. The molecule has 128 valence electrons. The number of rotatable bonds is 9. The number of carbonyl (C=O) groups excluding carboxylic acids is 1. The van der Waals surface area contributed by atoms with Crippen LogP contribution in [-0.4, -0.2) is 47.6 Å². The first-order valence-electron chi connectivity index (χ1n) is 7.68. The van der Waals surface area contributed by atoms with E-state index in [0.717, 1.165) is 11.1 Å². The highest BCUT2D eigenvalue weighted by atomic mass is 16.5. The van der Waals surface area contributed by atoms with Gasteiger partial charge >= 0.3 is 5.97 Å². The molecule has 23 heavy (non-hydrogen) atoms. The Morgan fingerprint density at radius 2 is 1.74 bits per heavy atom. The largest absolute Gasteiger partial charge is 0.480 e. The van der Waals surface area contributed by atoms with E-state index in [0.29, 0.717) is 13.2 Å². The highest BCUT2D eigenvalue weighted by molar-refractivity contribution is 5.79. The third kappa shape index (κ3) is 7.25. The number of nitrogens with one attached hydrogen (secondary N) is 1. The average molecular weight is 322 g/mol. The molecule has 0 saturated carbocycles. The van der Waals surface area contributed by atoms with Gasteiger partial charge in [-0.05, 0) is 38.9 Å². The van der Waals surface area contributed by atoms with Crippen LogP contribution in [0.25, 0.3) is 0 Å². The lowest BCUT2D eigenvalue weighted by Crippen LogP contribution is -2.42. The Hall–Kier alpha value is -1.92. The minimum atomic E-state index is -0.945. The Balaban J connectivity index is 2.39. The summed E-state index contributed by atoms with van der Waals surface area (Å²) in [5.74, 6) is -1.15. The van der Waals surface area contributed by atoms with Crippen molar-refractivity contribution in [3.8, 4) is 0 Å². The van der Waals surface area contributed by atoms with Crippen molar-refractivity contribution in [2.45, 2.75) is 46.1 Å². The molecule has 0 aromatic heterocycles. The van der Waals surface area contributed by atoms with Crippen LogP contribution in [0.4, 0.5) is 0 Å². The number of carboxylic acids is 1. The molecule has 6 nitrogen and oxygen atoms in total. The van der Waals surface area contributed by atoms with Crippen molar-refractivity contribution in [1.82, 2.24) is 10.2 Å². The van der Waals surface area contributed by atoms with Gasteiger partial charge in [-0.1, -0.05) is 24.3 Å². The van der Waals surface area contributed by atoms with Crippen molar-refractivity contribution in [3.63, 3.8) is 0 Å². The van der Waals surface area contributed by atoms with Gasteiger partial charge in [0.25, 0.3) is 0 Å². The first-order valence-corrected chi connectivity index (χ1v) is 7.68. The number of amides is 1. The van der Waals surface area contributed by atoms with E-state index in [1.165, 1.54) is 4.90 Å². The van der Waals surface area contributed by atoms with Crippen LogP contribution in [0, 0.1) is 0 Å². The summed E-state index contributed by atoms with van der Waals surface area (Å²) < 4.78 is 5.53. The van der Waals surface area contributed by atoms with Crippen LogP contribution in [0.3, 0.4) is 0 Å². The van der Waals surface area contributed by atoms with E-state index in [-0.39, 0.29) is 18.6 Å². The van der Waals surface area contributed by atoms with Gasteiger partial charge in [-0.2, -0.15) is 0 Å². The molecule has 0 fully saturated rings. The molecule has 0 heterocycles. The fraction of sp³-hybridized carbons (Fsp3) is 0.529. The number of benzene rings is 1. The fourth-order valence-electron chi connectivity index (χ4n) is 1.82. The van der Waals surface area contributed by atoms with Gasteiger partial charge in [0, 0.05) is 6.54 Å². The summed E-state index contributed by atoms with van der Waals surface area (Å²) in [6.45, 7) is 6.57. The lowest BCUT2D eigenvalue weighted by molar-refractivity contribution is -0.142. The maximum Gasteiger partial charge on any atom is 0.320 e. The SMILES string of the molecule is CC(C)OCc1ccc(CNC(=O)CN(C)C(C)C(=O)O)cc1. The van der Waals surface area contributed by atoms with Crippen LogP contribution in [-0.2, 0) is 27.5 Å². The van der Waals surface area contributed by atoms with E-state index in [9.17, 15) is 9.59 Å². The van der Waals surface area contributed by atoms with Crippen LogP contribution < -0.4 is 5.32 Å². The summed E-state index contributed by atoms with van der Waals surface area (Å²) in [6, 6.07) is 7.15. The number of carboxylic acid groups (broad SMARTS) is 1. The molecule has 6 heteroatoms. The fourth-order valence-corrected chi connectivity index (χ4v) is 1.82. The van der Waals surface area contributed by atoms with Gasteiger partial charge in [-0.3, -0.25) is 14.5 Å². The van der Waals surface area contributed by atoms with Crippen molar-refractivity contribution in [3.05, 3.63) is 35.4 Å². The molecule has 1 atom stereocenters. The van der Waals surface area contributed by atoms with E-state index in [4.69, 9.17) is 9.84 Å². The average Bonchev–Trinajstić information content (AvgIpc) is 2.50. The van der Waals surface area contributed by atoms with Gasteiger partial charge in [-0.15, -0.1) is 0 Å². The molecule has 0 bridgehead atoms. The normalized spacial score (nSPS) is 12.4. The molecular weight excluding hydrogens is 296 g/mol. The number of likely N-dealkylation sites (N-methyl/N-ethyl adjacent to an activating group) is 1. The zero-order valence-corrected chi connectivity index (χ0v) is 14.2. The van der Waals surface area contributed by atoms with Gasteiger partial charge in [0.1, 0.15) is 6.04 Å². The maximum atomic E-state index is 11.8. The van der Waals surface area contributed by atoms with Crippen LogP contribution in [0.2, 0.25) is 0 Å². The van der Waals surface area contributed by atoms with Gasteiger partial charge in [0.05, 0.1) is 19.3 Å². The first kappa shape index (κ1) is 19.1. The molecule has 0 aliphatic rings. The van der Waals surface area contributed by atoms with Crippen molar-refractivity contribution in [1.29, 1.82) is 0 Å². The minimum absolute atomic E-state index is 0.0494. The van der Waals surface area contributed by atoms with E-state index in [1.54, 1.807) is 14.0 Å². The van der Waals surface area contributed by atoms with Crippen molar-refractivity contribution < 1.29 is 19.4 Å². The highest BCUT2D eigenvalue weighted by Crippen LogP contribution is 2.07. The molecule has 1 rings (SSSR count). The Bertz CT molecular complexity index is 514. The summed E-state index contributed by atoms with van der Waals surface area (Å²) in [5.41, 5.74) is 2.07. The van der Waals surface area contributed by atoms with Crippen LogP contribution in [0.5, 0.6) is 0 Å². The summed E-state index contributed by atoms with van der Waals surface area (Å²) in [4.78, 5) is 24.2. The second kappa shape index (κ2) is 9.27. The monoisotopic (exact) mass is 322 g/mol. The molecule has 1 amide bonds. The van der Waals surface area contributed by atoms with Crippen LogP contribution in [0.1, 0.15) is 31.9 Å². The van der Waals surface area contributed by atoms with E-state index in [1.807, 2.05) is 38.1 Å². The Kier molecular flexibility index (Phi) is 7.71. The number of nitrogens with zero attached hydrogens (tertiary/aromatic N) is 1. The first-order chi connectivity index (χ1) is 10.8. The van der Waals surface area contributed by atoms with Gasteiger partial charge < -0.3 is 15.2 Å². The molecule has 0 spiro atoms. The summed E-state index contributed by atoms with van der Waals surface area (Å²) in [7, 11) is 1.61. The summed E-state index contributed by atoms with van der Waals surface area (Å²) in [5, 5.41) is 11.7. The van der Waals surface area contributed by atoms with Crippen molar-refractivity contribution in [2.24, 2.45) is 0 Å². The Morgan fingerprint density at radius 1 is 1.17 bits per heavy atom. The smallest absolute Gasteiger partial charge is 0.320 e. The predicted molar refractivity (Wildman–Crippen MR) is 87.9 cm³/mol. The second-order valence-electron chi connectivity index (χ2n) is 5.88. The Labute approximate surface area is 137 Å². The molecule has 1 aromatic carbocycles. The number of ether oxygens (including phenoxy) is 1. The molecule has 0 aliphatic heterocycles. The number of aliphatic carboxylic acids is 1. The molecule has 0 radical (unpaired) electrons. The van der Waals surface area contributed by atoms with E-state index < -0.39 is 12.0 Å². The van der Waals surface area contributed by atoms with Gasteiger partial charge in [-0.25, -0.2) is 0 Å². The second-order valence-corrected chi connectivity index (χ2v) is 5.88. The molecule has 0 aliphatic carbocycles. The zero-order valence-electron chi connectivity index (χ0n) is 14.2.